The number of thioether (sulfide) groups is 1. The second-order valence-electron chi connectivity index (χ2n) is 5.84. The minimum absolute atomic E-state index is 0.322. The van der Waals surface area contributed by atoms with E-state index >= 15 is 0 Å². The van der Waals surface area contributed by atoms with Gasteiger partial charge in [-0.25, -0.2) is 0 Å². The Morgan fingerprint density at radius 3 is 2.57 bits per heavy atom. The van der Waals surface area contributed by atoms with Gasteiger partial charge in [0.15, 0.2) is 0 Å². The molecule has 21 heavy (non-hydrogen) atoms. The summed E-state index contributed by atoms with van der Waals surface area (Å²) in [7, 11) is 0. The first-order valence-electron chi connectivity index (χ1n) is 6.43. The molecule has 1 heterocycles. The lowest BCUT2D eigenvalue weighted by Gasteiger charge is -2.39. The molecule has 0 radical (unpaired) electrons. The monoisotopic (exact) mass is 361 g/mol. The second-order valence-corrected chi connectivity index (χ2v) is 8.59. The van der Waals surface area contributed by atoms with Crippen LogP contribution in [0.1, 0.15) is 25.6 Å². The number of nitrogens with zero attached hydrogens (tertiary/aromatic N) is 1. The molecule has 1 aromatic carbocycles. The second kappa shape index (κ2) is 6.47. The van der Waals surface area contributed by atoms with E-state index in [2.05, 4.69) is 4.98 Å². The Hall–Kier alpha value is -0.260. The SMILES string of the molecule is CC(C)(C)C(O)(CSc1cc(Cl)ccc1Cl)c1cncs1. The molecule has 2 aromatic rings. The van der Waals surface area contributed by atoms with E-state index in [9.17, 15) is 5.11 Å². The zero-order valence-electron chi connectivity index (χ0n) is 12.1. The summed E-state index contributed by atoms with van der Waals surface area (Å²) >= 11 is 15.2. The number of halogens is 2. The summed E-state index contributed by atoms with van der Waals surface area (Å²) in [6, 6.07) is 5.35. The molecule has 2 rings (SSSR count). The molecule has 0 aliphatic rings. The average Bonchev–Trinajstić information content (AvgIpc) is 2.92. The lowest BCUT2D eigenvalue weighted by Crippen LogP contribution is -2.41. The van der Waals surface area contributed by atoms with Crippen molar-refractivity contribution in [1.82, 2.24) is 4.98 Å². The highest BCUT2D eigenvalue weighted by Crippen LogP contribution is 2.45. The van der Waals surface area contributed by atoms with Crippen molar-refractivity contribution in [2.24, 2.45) is 5.41 Å². The van der Waals surface area contributed by atoms with Crippen LogP contribution in [0.3, 0.4) is 0 Å². The van der Waals surface area contributed by atoms with Gasteiger partial charge in [-0.3, -0.25) is 4.98 Å². The third kappa shape index (κ3) is 3.74. The van der Waals surface area contributed by atoms with Crippen molar-refractivity contribution in [2.45, 2.75) is 31.3 Å². The molecule has 0 spiro atoms. The van der Waals surface area contributed by atoms with Crippen LogP contribution < -0.4 is 0 Å². The molecule has 114 valence electrons. The standard InChI is InChI=1S/C15H17Cl2NOS2/c1-14(2,3)15(19,13-7-18-9-21-13)8-20-12-6-10(16)4-5-11(12)17/h4-7,9,19H,8H2,1-3H3. The van der Waals surface area contributed by atoms with Gasteiger partial charge in [0.05, 0.1) is 15.4 Å². The van der Waals surface area contributed by atoms with Gasteiger partial charge in [0.25, 0.3) is 0 Å². The number of rotatable bonds is 4. The van der Waals surface area contributed by atoms with Crippen molar-refractivity contribution in [1.29, 1.82) is 0 Å². The van der Waals surface area contributed by atoms with Crippen molar-refractivity contribution in [3.05, 3.63) is 44.8 Å². The van der Waals surface area contributed by atoms with Crippen LogP contribution in [0, 0.1) is 5.41 Å². The van der Waals surface area contributed by atoms with Crippen LogP contribution in [0.4, 0.5) is 0 Å². The summed E-state index contributed by atoms with van der Waals surface area (Å²) in [5.74, 6) is 0.485. The van der Waals surface area contributed by atoms with E-state index in [-0.39, 0.29) is 5.41 Å². The smallest absolute Gasteiger partial charge is 0.114 e. The van der Waals surface area contributed by atoms with Gasteiger partial charge in [0.2, 0.25) is 0 Å². The van der Waals surface area contributed by atoms with Gasteiger partial charge in [0, 0.05) is 21.9 Å². The predicted octanol–water partition coefficient (Wildman–Crippen LogP) is 5.48. The largest absolute Gasteiger partial charge is 0.383 e. The van der Waals surface area contributed by atoms with Gasteiger partial charge < -0.3 is 5.11 Å². The van der Waals surface area contributed by atoms with Gasteiger partial charge in [0.1, 0.15) is 5.60 Å². The summed E-state index contributed by atoms with van der Waals surface area (Å²) in [5.41, 5.74) is 0.436. The highest BCUT2D eigenvalue weighted by Gasteiger charge is 2.43. The van der Waals surface area contributed by atoms with E-state index in [0.717, 1.165) is 9.77 Å². The molecule has 1 unspecified atom stereocenters. The molecule has 1 aromatic heterocycles. The Kier molecular flexibility index (Phi) is 5.27. The van der Waals surface area contributed by atoms with Crippen molar-refractivity contribution in [3.8, 4) is 0 Å². The zero-order valence-corrected chi connectivity index (χ0v) is 15.2. The lowest BCUT2D eigenvalue weighted by molar-refractivity contribution is -0.0392. The van der Waals surface area contributed by atoms with Gasteiger partial charge in [-0.15, -0.1) is 23.1 Å². The van der Waals surface area contributed by atoms with Crippen molar-refractivity contribution in [2.75, 3.05) is 5.75 Å². The Bertz CT molecular complexity index is 611. The summed E-state index contributed by atoms with van der Waals surface area (Å²) < 4.78 is 0. The van der Waals surface area contributed by atoms with E-state index < -0.39 is 5.60 Å². The summed E-state index contributed by atoms with van der Waals surface area (Å²) in [5, 5.41) is 12.5. The number of hydrogen-bond donors (Lipinski definition) is 1. The minimum Gasteiger partial charge on any atom is -0.383 e. The molecule has 1 N–H and O–H groups in total. The zero-order chi connectivity index (χ0) is 15.7. The normalized spacial score (nSPS) is 15.0. The van der Waals surface area contributed by atoms with Crippen LogP contribution in [0.2, 0.25) is 10.0 Å². The Morgan fingerprint density at radius 2 is 2.00 bits per heavy atom. The molecule has 0 saturated carbocycles. The van der Waals surface area contributed by atoms with E-state index in [0.29, 0.717) is 15.8 Å². The highest BCUT2D eigenvalue weighted by molar-refractivity contribution is 7.99. The fourth-order valence-electron chi connectivity index (χ4n) is 1.85. The molecule has 0 aliphatic carbocycles. The average molecular weight is 362 g/mol. The summed E-state index contributed by atoms with van der Waals surface area (Å²) in [6.45, 7) is 6.06. The molecular formula is C15H17Cl2NOS2. The first-order chi connectivity index (χ1) is 9.74. The molecule has 0 bridgehead atoms. The van der Waals surface area contributed by atoms with E-state index in [1.54, 1.807) is 23.8 Å². The van der Waals surface area contributed by atoms with Gasteiger partial charge >= 0.3 is 0 Å². The first kappa shape index (κ1) is 17.1. The third-order valence-electron chi connectivity index (χ3n) is 3.41. The quantitative estimate of drug-likeness (QED) is 0.732. The first-order valence-corrected chi connectivity index (χ1v) is 9.05. The van der Waals surface area contributed by atoms with Crippen LogP contribution in [-0.4, -0.2) is 15.8 Å². The van der Waals surface area contributed by atoms with Crippen molar-refractivity contribution >= 4 is 46.3 Å². The Labute approximate surface area is 143 Å². The summed E-state index contributed by atoms with van der Waals surface area (Å²) in [4.78, 5) is 5.82. The van der Waals surface area contributed by atoms with Gasteiger partial charge in [-0.05, 0) is 23.6 Å². The molecule has 0 saturated heterocycles. The van der Waals surface area contributed by atoms with Crippen LogP contribution in [0.15, 0.2) is 34.8 Å². The van der Waals surface area contributed by atoms with Crippen LogP contribution in [-0.2, 0) is 5.60 Å². The third-order valence-corrected chi connectivity index (χ3v) is 6.22. The van der Waals surface area contributed by atoms with Gasteiger partial charge in [-0.2, -0.15) is 0 Å². The summed E-state index contributed by atoms with van der Waals surface area (Å²) in [6.07, 6.45) is 1.73. The number of aromatic nitrogens is 1. The predicted molar refractivity (Wildman–Crippen MR) is 92.7 cm³/mol. The van der Waals surface area contributed by atoms with E-state index in [1.165, 1.54) is 23.1 Å². The van der Waals surface area contributed by atoms with Crippen molar-refractivity contribution in [3.63, 3.8) is 0 Å². The maximum Gasteiger partial charge on any atom is 0.114 e. The molecule has 1 atom stereocenters. The fourth-order valence-corrected chi connectivity index (χ4v) is 4.76. The Morgan fingerprint density at radius 1 is 1.29 bits per heavy atom. The molecular weight excluding hydrogens is 345 g/mol. The molecule has 6 heteroatoms. The van der Waals surface area contributed by atoms with E-state index in [1.807, 2.05) is 26.8 Å². The molecule has 0 aliphatic heterocycles. The number of benzene rings is 1. The lowest BCUT2D eigenvalue weighted by atomic mass is 9.77. The van der Waals surface area contributed by atoms with Crippen LogP contribution >= 0.6 is 46.3 Å². The Balaban J connectivity index is 2.27. The number of aliphatic hydroxyl groups is 1. The minimum atomic E-state index is -0.982. The maximum absolute atomic E-state index is 11.2. The fraction of sp³-hybridized carbons (Fsp3) is 0.400. The van der Waals surface area contributed by atoms with Crippen LogP contribution in [0.5, 0.6) is 0 Å². The van der Waals surface area contributed by atoms with Gasteiger partial charge in [-0.1, -0.05) is 44.0 Å². The number of hydrogen-bond acceptors (Lipinski definition) is 4. The van der Waals surface area contributed by atoms with E-state index in [4.69, 9.17) is 23.2 Å². The van der Waals surface area contributed by atoms with Crippen molar-refractivity contribution < 1.29 is 5.11 Å². The molecule has 0 fully saturated rings. The molecule has 0 amide bonds. The number of thiazole rings is 1. The maximum atomic E-state index is 11.2. The molecule has 2 nitrogen and oxygen atoms in total. The topological polar surface area (TPSA) is 33.1 Å². The van der Waals surface area contributed by atoms with Crippen LogP contribution in [0.25, 0.3) is 0 Å². The highest BCUT2D eigenvalue weighted by atomic mass is 35.5.